The van der Waals surface area contributed by atoms with E-state index in [2.05, 4.69) is 22.3 Å². The third-order valence-electron chi connectivity index (χ3n) is 2.31. The molecule has 0 bridgehead atoms. The summed E-state index contributed by atoms with van der Waals surface area (Å²) in [6, 6.07) is 0. The normalized spacial score (nSPS) is 10.6. The maximum absolute atomic E-state index is 4.36. The quantitative estimate of drug-likeness (QED) is 0.825. The zero-order valence-corrected chi connectivity index (χ0v) is 9.23. The summed E-state index contributed by atoms with van der Waals surface area (Å²) in [4.78, 5) is 4.21. The molecule has 5 heteroatoms. The molecule has 15 heavy (non-hydrogen) atoms. The Morgan fingerprint density at radius 1 is 1.40 bits per heavy atom. The number of nitrogens with zero attached hydrogens (tertiary/aromatic N) is 4. The fourth-order valence-corrected chi connectivity index (χ4v) is 1.51. The van der Waals surface area contributed by atoms with Crippen LogP contribution in [-0.4, -0.2) is 19.3 Å². The van der Waals surface area contributed by atoms with Crippen molar-refractivity contribution in [1.82, 2.24) is 19.3 Å². The highest BCUT2D eigenvalue weighted by Gasteiger charge is 2.07. The molecule has 5 nitrogen and oxygen atoms in total. The van der Waals surface area contributed by atoms with Gasteiger partial charge in [-0.1, -0.05) is 6.92 Å². The molecule has 2 aromatic rings. The van der Waals surface area contributed by atoms with Crippen LogP contribution in [0.1, 0.15) is 12.6 Å². The first-order valence-corrected chi connectivity index (χ1v) is 4.97. The SMILES string of the molecule is CCc1nn(C)cc1Nc1nccn1C. The van der Waals surface area contributed by atoms with E-state index in [1.165, 1.54) is 0 Å². The minimum atomic E-state index is 0.831. The lowest BCUT2D eigenvalue weighted by Gasteiger charge is -2.04. The van der Waals surface area contributed by atoms with Gasteiger partial charge in [0.25, 0.3) is 0 Å². The fourth-order valence-electron chi connectivity index (χ4n) is 1.51. The van der Waals surface area contributed by atoms with Crippen molar-refractivity contribution in [2.45, 2.75) is 13.3 Å². The van der Waals surface area contributed by atoms with Crippen LogP contribution in [-0.2, 0) is 20.5 Å². The predicted octanol–water partition coefficient (Wildman–Crippen LogP) is 1.46. The van der Waals surface area contributed by atoms with Crippen LogP contribution in [0.2, 0.25) is 0 Å². The highest BCUT2D eigenvalue weighted by Crippen LogP contribution is 2.18. The number of imidazole rings is 1. The summed E-state index contributed by atoms with van der Waals surface area (Å²) < 4.78 is 3.75. The van der Waals surface area contributed by atoms with Gasteiger partial charge in [-0.2, -0.15) is 5.10 Å². The van der Waals surface area contributed by atoms with Crippen LogP contribution in [0.15, 0.2) is 18.6 Å². The molecule has 1 N–H and O–H groups in total. The van der Waals surface area contributed by atoms with Crippen molar-refractivity contribution >= 4 is 11.6 Å². The molecular weight excluding hydrogens is 190 g/mol. The monoisotopic (exact) mass is 205 g/mol. The van der Waals surface area contributed by atoms with Crippen LogP contribution in [0.4, 0.5) is 11.6 Å². The zero-order chi connectivity index (χ0) is 10.8. The Kier molecular flexibility index (Phi) is 2.45. The van der Waals surface area contributed by atoms with Gasteiger partial charge in [-0.3, -0.25) is 4.68 Å². The van der Waals surface area contributed by atoms with Crippen molar-refractivity contribution in [3.63, 3.8) is 0 Å². The molecule has 0 atom stereocenters. The lowest BCUT2D eigenvalue weighted by Crippen LogP contribution is -1.99. The molecule has 0 spiro atoms. The Bertz CT molecular complexity index is 454. The van der Waals surface area contributed by atoms with Crippen LogP contribution in [0.25, 0.3) is 0 Å². The number of aryl methyl sites for hydroxylation is 3. The number of hydrogen-bond donors (Lipinski definition) is 1. The molecule has 2 rings (SSSR count). The molecule has 0 saturated carbocycles. The van der Waals surface area contributed by atoms with Gasteiger partial charge in [0.2, 0.25) is 5.95 Å². The Morgan fingerprint density at radius 2 is 2.20 bits per heavy atom. The van der Waals surface area contributed by atoms with Crippen molar-refractivity contribution in [3.05, 3.63) is 24.3 Å². The molecule has 0 radical (unpaired) electrons. The van der Waals surface area contributed by atoms with E-state index < -0.39 is 0 Å². The molecule has 0 aromatic carbocycles. The fraction of sp³-hybridized carbons (Fsp3) is 0.400. The van der Waals surface area contributed by atoms with E-state index in [-0.39, 0.29) is 0 Å². The molecule has 0 amide bonds. The maximum Gasteiger partial charge on any atom is 0.207 e. The van der Waals surface area contributed by atoms with Gasteiger partial charge in [0.15, 0.2) is 0 Å². The van der Waals surface area contributed by atoms with Gasteiger partial charge in [-0.25, -0.2) is 4.98 Å². The van der Waals surface area contributed by atoms with E-state index in [1.54, 1.807) is 6.20 Å². The first kappa shape index (κ1) is 9.76. The topological polar surface area (TPSA) is 47.7 Å². The molecule has 0 fully saturated rings. The molecule has 80 valence electrons. The highest BCUT2D eigenvalue weighted by molar-refractivity contribution is 5.55. The van der Waals surface area contributed by atoms with Gasteiger partial charge in [0, 0.05) is 32.7 Å². The Morgan fingerprint density at radius 3 is 2.80 bits per heavy atom. The van der Waals surface area contributed by atoms with Gasteiger partial charge in [-0.05, 0) is 6.42 Å². The lowest BCUT2D eigenvalue weighted by atomic mass is 10.3. The first-order valence-electron chi connectivity index (χ1n) is 4.97. The molecule has 2 aromatic heterocycles. The van der Waals surface area contributed by atoms with E-state index >= 15 is 0 Å². The van der Waals surface area contributed by atoms with Crippen LogP contribution >= 0.6 is 0 Å². The second-order valence-electron chi connectivity index (χ2n) is 3.50. The highest BCUT2D eigenvalue weighted by atomic mass is 15.3. The number of rotatable bonds is 3. The Labute approximate surface area is 88.7 Å². The van der Waals surface area contributed by atoms with Crippen LogP contribution in [0, 0.1) is 0 Å². The van der Waals surface area contributed by atoms with Gasteiger partial charge in [-0.15, -0.1) is 0 Å². The predicted molar refractivity (Wildman–Crippen MR) is 59.1 cm³/mol. The van der Waals surface area contributed by atoms with Crippen molar-refractivity contribution in [1.29, 1.82) is 0 Å². The number of hydrogen-bond acceptors (Lipinski definition) is 3. The van der Waals surface area contributed by atoms with Crippen molar-refractivity contribution in [2.75, 3.05) is 5.32 Å². The second-order valence-corrected chi connectivity index (χ2v) is 3.50. The largest absolute Gasteiger partial charge is 0.323 e. The van der Waals surface area contributed by atoms with Gasteiger partial charge < -0.3 is 9.88 Å². The first-order chi connectivity index (χ1) is 7.20. The van der Waals surface area contributed by atoms with Crippen molar-refractivity contribution < 1.29 is 0 Å². The lowest BCUT2D eigenvalue weighted by molar-refractivity contribution is 0.746. The molecule has 0 unspecified atom stereocenters. The smallest absolute Gasteiger partial charge is 0.207 e. The number of nitrogens with one attached hydrogen (secondary N) is 1. The maximum atomic E-state index is 4.36. The molecule has 0 aliphatic rings. The standard InChI is InChI=1S/C10H15N5/c1-4-8-9(7-15(3)13-8)12-10-11-5-6-14(10)2/h5-7H,4H2,1-3H3,(H,11,12). The Balaban J connectivity index is 2.27. The molecule has 0 aliphatic heterocycles. The summed E-state index contributed by atoms with van der Waals surface area (Å²) in [6.07, 6.45) is 6.55. The third-order valence-corrected chi connectivity index (χ3v) is 2.31. The molecule has 0 saturated heterocycles. The zero-order valence-electron chi connectivity index (χ0n) is 9.23. The van der Waals surface area contributed by atoms with E-state index in [4.69, 9.17) is 0 Å². The second kappa shape index (κ2) is 3.76. The average Bonchev–Trinajstić information content (AvgIpc) is 2.75. The summed E-state index contributed by atoms with van der Waals surface area (Å²) in [6.45, 7) is 2.09. The number of aromatic nitrogens is 4. The number of anilines is 2. The van der Waals surface area contributed by atoms with Gasteiger partial charge in [0.1, 0.15) is 0 Å². The van der Waals surface area contributed by atoms with Gasteiger partial charge >= 0.3 is 0 Å². The van der Waals surface area contributed by atoms with Crippen molar-refractivity contribution in [2.24, 2.45) is 14.1 Å². The van der Waals surface area contributed by atoms with Crippen LogP contribution in [0.5, 0.6) is 0 Å². The van der Waals surface area contributed by atoms with Gasteiger partial charge in [0.05, 0.1) is 11.4 Å². The summed E-state index contributed by atoms with van der Waals surface area (Å²) >= 11 is 0. The Hall–Kier alpha value is -1.78. The summed E-state index contributed by atoms with van der Waals surface area (Å²) in [5, 5.41) is 7.62. The molecule has 0 aliphatic carbocycles. The summed E-state index contributed by atoms with van der Waals surface area (Å²) in [5.74, 6) is 0.831. The third kappa shape index (κ3) is 1.86. The van der Waals surface area contributed by atoms with E-state index in [9.17, 15) is 0 Å². The van der Waals surface area contributed by atoms with Crippen LogP contribution < -0.4 is 5.32 Å². The average molecular weight is 205 g/mol. The van der Waals surface area contributed by atoms with E-state index in [1.807, 2.05) is 35.7 Å². The van der Waals surface area contributed by atoms with Crippen molar-refractivity contribution in [3.8, 4) is 0 Å². The van der Waals surface area contributed by atoms with E-state index in [0.29, 0.717) is 0 Å². The van der Waals surface area contributed by atoms with E-state index in [0.717, 1.165) is 23.8 Å². The summed E-state index contributed by atoms with van der Waals surface area (Å²) in [5.41, 5.74) is 2.08. The minimum absolute atomic E-state index is 0.831. The van der Waals surface area contributed by atoms with Crippen LogP contribution in [0.3, 0.4) is 0 Å². The molecular formula is C10H15N5. The summed E-state index contributed by atoms with van der Waals surface area (Å²) in [7, 11) is 3.88. The molecule has 2 heterocycles. The minimum Gasteiger partial charge on any atom is -0.323 e.